The highest BCUT2D eigenvalue weighted by Crippen LogP contribution is 2.19. The number of halogens is 1. The minimum absolute atomic E-state index is 0.0619. The summed E-state index contributed by atoms with van der Waals surface area (Å²) in [6, 6.07) is 0. The number of amides is 1. The molecule has 0 spiro atoms. The highest BCUT2D eigenvalue weighted by atomic mass is 79.9. The molecule has 1 saturated heterocycles. The van der Waals surface area contributed by atoms with E-state index in [1.165, 1.54) is 0 Å². The van der Waals surface area contributed by atoms with Crippen LogP contribution in [0.2, 0.25) is 0 Å². The molecule has 1 aliphatic heterocycles. The Hall–Kier alpha value is -0.0900. The smallest absolute Gasteiger partial charge is 0.236 e. The summed E-state index contributed by atoms with van der Waals surface area (Å²) in [6.45, 7) is 5.71. The number of hydrogen-bond acceptors (Lipinski definition) is 2. The largest absolute Gasteiger partial charge is 0.380 e. The second-order valence-electron chi connectivity index (χ2n) is 4.43. The molecule has 0 saturated carbocycles. The topological polar surface area (TPSA) is 29.5 Å². The van der Waals surface area contributed by atoms with Gasteiger partial charge in [0.1, 0.15) is 0 Å². The number of rotatable bonds is 3. The van der Waals surface area contributed by atoms with Crippen molar-refractivity contribution in [3.63, 3.8) is 0 Å². The fraction of sp³-hybridized carbons (Fsp3) is 0.909. The summed E-state index contributed by atoms with van der Waals surface area (Å²) in [7, 11) is 1.71. The maximum absolute atomic E-state index is 12.0. The average Bonchev–Trinajstić information content (AvgIpc) is 2.27. The Morgan fingerprint density at radius 1 is 1.53 bits per heavy atom. The van der Waals surface area contributed by atoms with Gasteiger partial charge in [0.25, 0.3) is 0 Å². The zero-order valence-corrected chi connectivity index (χ0v) is 11.3. The fourth-order valence-electron chi connectivity index (χ4n) is 1.79. The van der Waals surface area contributed by atoms with E-state index in [9.17, 15) is 4.79 Å². The summed E-state index contributed by atoms with van der Waals surface area (Å²) in [4.78, 5) is 13.9. The van der Waals surface area contributed by atoms with Crippen molar-refractivity contribution < 1.29 is 9.53 Å². The van der Waals surface area contributed by atoms with Crippen LogP contribution >= 0.6 is 15.9 Å². The molecule has 1 heterocycles. The molecule has 3 nitrogen and oxygen atoms in total. The van der Waals surface area contributed by atoms with Crippen LogP contribution in [0, 0.1) is 5.92 Å². The molecule has 88 valence electrons. The van der Waals surface area contributed by atoms with Gasteiger partial charge in [-0.3, -0.25) is 4.79 Å². The minimum atomic E-state index is -0.0619. The third-order valence-corrected chi connectivity index (χ3v) is 4.29. The van der Waals surface area contributed by atoms with Crippen LogP contribution in [0.15, 0.2) is 0 Å². The third-order valence-electron chi connectivity index (χ3n) is 2.84. The van der Waals surface area contributed by atoms with Gasteiger partial charge in [0.2, 0.25) is 5.91 Å². The number of piperidine rings is 1. The summed E-state index contributed by atoms with van der Waals surface area (Å²) in [5.41, 5.74) is 0. The number of likely N-dealkylation sites (tertiary alicyclic amines) is 1. The van der Waals surface area contributed by atoms with Crippen LogP contribution in [0.5, 0.6) is 0 Å². The maximum atomic E-state index is 12.0. The fourth-order valence-corrected chi connectivity index (χ4v) is 2.08. The van der Waals surface area contributed by atoms with Crippen molar-refractivity contribution in [2.24, 2.45) is 5.92 Å². The van der Waals surface area contributed by atoms with Gasteiger partial charge in [0, 0.05) is 20.2 Å². The van der Waals surface area contributed by atoms with Gasteiger partial charge < -0.3 is 9.64 Å². The molecular formula is C11H20BrNO2. The monoisotopic (exact) mass is 277 g/mol. The molecule has 1 rings (SSSR count). The molecule has 0 aliphatic carbocycles. The normalized spacial score (nSPS) is 24.3. The molecule has 2 unspecified atom stereocenters. The van der Waals surface area contributed by atoms with Crippen molar-refractivity contribution in [3.8, 4) is 0 Å². The van der Waals surface area contributed by atoms with Crippen LogP contribution in [0.4, 0.5) is 0 Å². The Morgan fingerprint density at radius 2 is 2.20 bits per heavy atom. The number of hydrogen-bond donors (Lipinski definition) is 0. The molecule has 0 radical (unpaired) electrons. The van der Waals surface area contributed by atoms with Gasteiger partial charge in [0.05, 0.1) is 10.9 Å². The van der Waals surface area contributed by atoms with Crippen molar-refractivity contribution in [2.75, 3.05) is 20.2 Å². The number of alkyl halides is 1. The number of carbonyl (C=O) groups excluding carboxylic acids is 1. The van der Waals surface area contributed by atoms with Crippen LogP contribution in [-0.4, -0.2) is 41.9 Å². The van der Waals surface area contributed by atoms with Gasteiger partial charge in [0.15, 0.2) is 0 Å². The Morgan fingerprint density at radius 3 is 2.73 bits per heavy atom. The molecule has 0 aromatic heterocycles. The van der Waals surface area contributed by atoms with Gasteiger partial charge >= 0.3 is 0 Å². The Kier molecular flexibility index (Phi) is 5.06. The number of ether oxygens (including phenoxy) is 1. The van der Waals surface area contributed by atoms with E-state index >= 15 is 0 Å². The van der Waals surface area contributed by atoms with E-state index < -0.39 is 0 Å². The first kappa shape index (κ1) is 13.0. The molecule has 0 aromatic rings. The summed E-state index contributed by atoms with van der Waals surface area (Å²) in [5, 5.41) is 0. The summed E-state index contributed by atoms with van der Waals surface area (Å²) in [5.74, 6) is 0.534. The van der Waals surface area contributed by atoms with Crippen LogP contribution < -0.4 is 0 Å². The van der Waals surface area contributed by atoms with Gasteiger partial charge in [-0.15, -0.1) is 0 Å². The molecule has 4 heteroatoms. The number of nitrogens with zero attached hydrogens (tertiary/aromatic N) is 1. The lowest BCUT2D eigenvalue weighted by Crippen LogP contribution is -2.46. The van der Waals surface area contributed by atoms with Gasteiger partial charge in [-0.2, -0.15) is 0 Å². The van der Waals surface area contributed by atoms with E-state index in [1.807, 2.05) is 4.90 Å². The van der Waals surface area contributed by atoms with Crippen molar-refractivity contribution >= 4 is 21.8 Å². The zero-order valence-electron chi connectivity index (χ0n) is 9.70. The summed E-state index contributed by atoms with van der Waals surface area (Å²) < 4.78 is 5.30. The molecule has 1 fully saturated rings. The van der Waals surface area contributed by atoms with Gasteiger partial charge in [-0.05, 0) is 18.8 Å². The van der Waals surface area contributed by atoms with E-state index in [1.54, 1.807) is 7.11 Å². The highest BCUT2D eigenvalue weighted by Gasteiger charge is 2.28. The first-order valence-electron chi connectivity index (χ1n) is 5.52. The van der Waals surface area contributed by atoms with E-state index in [0.29, 0.717) is 5.92 Å². The lowest BCUT2D eigenvalue weighted by molar-refractivity contribution is -0.134. The third kappa shape index (κ3) is 3.45. The molecule has 0 aromatic carbocycles. The van der Waals surface area contributed by atoms with Crippen LogP contribution in [0.1, 0.15) is 26.7 Å². The Labute approximate surface area is 100 Å². The van der Waals surface area contributed by atoms with Crippen molar-refractivity contribution in [2.45, 2.75) is 37.6 Å². The predicted molar refractivity (Wildman–Crippen MR) is 64.2 cm³/mol. The zero-order chi connectivity index (χ0) is 11.4. The number of carbonyl (C=O) groups is 1. The van der Waals surface area contributed by atoms with Crippen molar-refractivity contribution in [1.82, 2.24) is 4.90 Å². The van der Waals surface area contributed by atoms with Crippen LogP contribution in [0.25, 0.3) is 0 Å². The molecule has 15 heavy (non-hydrogen) atoms. The highest BCUT2D eigenvalue weighted by molar-refractivity contribution is 9.10. The van der Waals surface area contributed by atoms with Crippen LogP contribution in [-0.2, 0) is 9.53 Å². The molecule has 0 bridgehead atoms. The maximum Gasteiger partial charge on any atom is 0.236 e. The van der Waals surface area contributed by atoms with Crippen LogP contribution in [0.3, 0.4) is 0 Å². The Bertz CT molecular complexity index is 221. The van der Waals surface area contributed by atoms with Gasteiger partial charge in [-0.1, -0.05) is 29.8 Å². The molecule has 1 amide bonds. The first-order chi connectivity index (χ1) is 7.06. The quantitative estimate of drug-likeness (QED) is 0.739. The van der Waals surface area contributed by atoms with Crippen molar-refractivity contribution in [1.29, 1.82) is 0 Å². The Balaban J connectivity index is 2.52. The number of methoxy groups -OCH3 is 1. The summed E-state index contributed by atoms with van der Waals surface area (Å²) >= 11 is 3.45. The lowest BCUT2D eigenvalue weighted by Gasteiger charge is -2.33. The minimum Gasteiger partial charge on any atom is -0.380 e. The van der Waals surface area contributed by atoms with E-state index in [0.717, 1.165) is 25.9 Å². The second kappa shape index (κ2) is 5.85. The molecule has 0 N–H and O–H groups in total. The standard InChI is InChI=1S/C11H20BrNO2/c1-8(2)10(12)11(14)13-6-4-5-9(7-13)15-3/h8-10H,4-7H2,1-3H3. The first-order valence-corrected chi connectivity index (χ1v) is 6.43. The molecular weight excluding hydrogens is 258 g/mol. The van der Waals surface area contributed by atoms with E-state index in [4.69, 9.17) is 4.74 Å². The predicted octanol–water partition coefficient (Wildman–Crippen LogP) is 2.04. The van der Waals surface area contributed by atoms with E-state index in [2.05, 4.69) is 29.8 Å². The SMILES string of the molecule is COC1CCCN(C(=O)C(Br)C(C)C)C1. The molecule has 1 aliphatic rings. The lowest BCUT2D eigenvalue weighted by atomic mass is 10.1. The van der Waals surface area contributed by atoms with E-state index in [-0.39, 0.29) is 16.8 Å². The second-order valence-corrected chi connectivity index (χ2v) is 5.42. The summed E-state index contributed by atoms with van der Waals surface area (Å²) in [6.07, 6.45) is 2.33. The molecule has 2 atom stereocenters. The average molecular weight is 278 g/mol. The van der Waals surface area contributed by atoms with Crippen molar-refractivity contribution in [3.05, 3.63) is 0 Å². The van der Waals surface area contributed by atoms with Gasteiger partial charge in [-0.25, -0.2) is 0 Å².